The first-order chi connectivity index (χ1) is 16.6. The fraction of sp³-hybridized carbons (Fsp3) is 0.667. The van der Waals surface area contributed by atoms with Gasteiger partial charge in [-0.2, -0.15) is 0 Å². The zero-order valence-electron chi connectivity index (χ0n) is 22.5. The van der Waals surface area contributed by atoms with Crippen LogP contribution >= 0.6 is 0 Å². The Kier molecular flexibility index (Phi) is 14.2. The highest BCUT2D eigenvalue weighted by Gasteiger charge is 2.22. The van der Waals surface area contributed by atoms with E-state index in [9.17, 15) is 9.59 Å². The molecule has 0 saturated heterocycles. The molecule has 0 saturated carbocycles. The van der Waals surface area contributed by atoms with Gasteiger partial charge in [0.05, 0.1) is 0 Å². The molecule has 1 unspecified atom stereocenters. The number of carbonyl (C=O) groups is 2. The van der Waals surface area contributed by atoms with E-state index in [-0.39, 0.29) is 11.9 Å². The number of amides is 1. The molecule has 1 aliphatic heterocycles. The molecule has 0 bridgehead atoms. The molecule has 2 heterocycles. The van der Waals surface area contributed by atoms with Crippen LogP contribution in [0, 0.1) is 0 Å². The Bertz CT molecular complexity index is 792. The number of fused-ring (bicyclic) bond motifs is 1. The van der Waals surface area contributed by atoms with Crippen molar-refractivity contribution in [3.05, 3.63) is 36.0 Å². The number of rotatable bonds is 12. The number of ether oxygens (including phenoxy) is 1. The van der Waals surface area contributed by atoms with E-state index in [2.05, 4.69) is 34.2 Å². The number of aromatic nitrogens is 1. The van der Waals surface area contributed by atoms with Crippen LogP contribution in [0.25, 0.3) is 0 Å². The first-order valence-electron chi connectivity index (χ1n) is 12.8. The van der Waals surface area contributed by atoms with Crippen LogP contribution in [0.1, 0.15) is 71.6 Å². The van der Waals surface area contributed by atoms with Crippen molar-refractivity contribution in [2.24, 2.45) is 5.73 Å². The number of hydrogen-bond acceptors (Lipinski definition) is 7. The molecule has 0 spiro atoms. The second-order valence-corrected chi connectivity index (χ2v) is 9.96. The van der Waals surface area contributed by atoms with E-state index in [1.165, 1.54) is 18.9 Å². The number of esters is 1. The van der Waals surface area contributed by atoms with Crippen LogP contribution in [-0.4, -0.2) is 66.1 Å². The fourth-order valence-electron chi connectivity index (χ4n) is 3.69. The molecule has 1 aromatic heterocycles. The van der Waals surface area contributed by atoms with Crippen molar-refractivity contribution in [1.82, 2.24) is 15.2 Å². The van der Waals surface area contributed by atoms with Gasteiger partial charge in [0.25, 0.3) is 0 Å². The Balaban J connectivity index is 0.00000194. The smallest absolute Gasteiger partial charge is 0.323 e. The number of nitrogens with zero attached hydrogens (tertiary/aromatic N) is 2. The quantitative estimate of drug-likeness (QED) is 0.234. The predicted molar refractivity (Wildman–Crippen MR) is 143 cm³/mol. The Morgan fingerprint density at radius 3 is 2.66 bits per heavy atom. The van der Waals surface area contributed by atoms with Crippen molar-refractivity contribution in [3.63, 3.8) is 0 Å². The molecule has 8 nitrogen and oxygen atoms in total. The van der Waals surface area contributed by atoms with Crippen LogP contribution < -0.4 is 16.4 Å². The number of pyridine rings is 1. The first-order valence-corrected chi connectivity index (χ1v) is 12.8. The van der Waals surface area contributed by atoms with Gasteiger partial charge in [-0.05, 0) is 84.4 Å². The summed E-state index contributed by atoms with van der Waals surface area (Å²) in [6, 6.07) is 3.69. The molecule has 0 radical (unpaired) electrons. The van der Waals surface area contributed by atoms with Crippen molar-refractivity contribution >= 4 is 17.7 Å². The van der Waals surface area contributed by atoms with Gasteiger partial charge >= 0.3 is 5.97 Å². The van der Waals surface area contributed by atoms with Crippen LogP contribution in [0.5, 0.6) is 0 Å². The van der Waals surface area contributed by atoms with E-state index in [1.807, 2.05) is 27.7 Å². The maximum atomic E-state index is 12.2. The number of hydrogen-bond donors (Lipinski definition) is 3. The number of unbranched alkanes of at least 4 members (excludes halogenated alkanes) is 1. The molecule has 1 aliphatic rings. The molecule has 4 N–H and O–H groups in total. The molecule has 1 amide bonds. The number of anilines is 1. The maximum Gasteiger partial charge on any atom is 0.323 e. The molecule has 0 aromatic carbocycles. The highest BCUT2D eigenvalue weighted by molar-refractivity contribution is 5.75. The SMILES string of the molecule is C=CC.CC(=O)NCCN(CCCCc1ccc2c(n1)NCCC2)CCC(N)C(=O)OC(C)(C)C. The molecule has 0 fully saturated rings. The minimum Gasteiger partial charge on any atom is -0.459 e. The number of nitrogens with two attached hydrogens (primary N) is 1. The van der Waals surface area contributed by atoms with E-state index in [1.54, 1.807) is 6.08 Å². The number of carbonyl (C=O) groups excluding carboxylic acids is 2. The highest BCUT2D eigenvalue weighted by Crippen LogP contribution is 2.20. The molecule has 1 atom stereocenters. The largest absolute Gasteiger partial charge is 0.459 e. The maximum absolute atomic E-state index is 12.2. The first kappa shape index (κ1) is 30.6. The molecule has 35 heavy (non-hydrogen) atoms. The van der Waals surface area contributed by atoms with Gasteiger partial charge in [0.2, 0.25) is 5.91 Å². The van der Waals surface area contributed by atoms with Gasteiger partial charge in [-0.15, -0.1) is 6.58 Å². The van der Waals surface area contributed by atoms with E-state index in [0.29, 0.717) is 19.5 Å². The van der Waals surface area contributed by atoms with Gasteiger partial charge in [0.15, 0.2) is 0 Å². The van der Waals surface area contributed by atoms with Crippen molar-refractivity contribution in [1.29, 1.82) is 0 Å². The molecular weight excluding hydrogens is 442 g/mol. The van der Waals surface area contributed by atoms with E-state index in [4.69, 9.17) is 15.5 Å². The lowest BCUT2D eigenvalue weighted by Crippen LogP contribution is -2.41. The monoisotopic (exact) mass is 489 g/mol. The molecule has 8 heteroatoms. The summed E-state index contributed by atoms with van der Waals surface area (Å²) in [7, 11) is 0. The van der Waals surface area contributed by atoms with Crippen molar-refractivity contribution in [2.45, 2.75) is 84.8 Å². The van der Waals surface area contributed by atoms with E-state index in [0.717, 1.165) is 56.8 Å². The third-order valence-corrected chi connectivity index (χ3v) is 5.38. The fourth-order valence-corrected chi connectivity index (χ4v) is 3.69. The lowest BCUT2D eigenvalue weighted by atomic mass is 10.1. The van der Waals surface area contributed by atoms with Crippen LogP contribution in [0.3, 0.4) is 0 Å². The average molecular weight is 490 g/mol. The minimum absolute atomic E-state index is 0.0394. The summed E-state index contributed by atoms with van der Waals surface area (Å²) in [5.41, 5.74) is 7.94. The molecule has 2 rings (SSSR count). The number of aryl methyl sites for hydroxylation is 2. The number of allylic oxidation sites excluding steroid dienone is 1. The van der Waals surface area contributed by atoms with Crippen LogP contribution in [0.2, 0.25) is 0 Å². The summed E-state index contributed by atoms with van der Waals surface area (Å²) in [5, 5.41) is 6.23. The second-order valence-electron chi connectivity index (χ2n) is 9.96. The molecule has 1 aromatic rings. The normalized spacial score (nSPS) is 13.6. The van der Waals surface area contributed by atoms with E-state index >= 15 is 0 Å². The van der Waals surface area contributed by atoms with Gasteiger partial charge in [-0.3, -0.25) is 9.59 Å². The van der Waals surface area contributed by atoms with Gasteiger partial charge in [-0.1, -0.05) is 12.1 Å². The van der Waals surface area contributed by atoms with Gasteiger partial charge < -0.3 is 26.0 Å². The predicted octanol–water partition coefficient (Wildman–Crippen LogP) is 3.45. The van der Waals surface area contributed by atoms with Crippen LogP contribution in [-0.2, 0) is 27.2 Å². The van der Waals surface area contributed by atoms with Gasteiger partial charge in [-0.25, -0.2) is 4.98 Å². The third-order valence-electron chi connectivity index (χ3n) is 5.38. The van der Waals surface area contributed by atoms with Crippen molar-refractivity contribution in [3.8, 4) is 0 Å². The third kappa shape index (κ3) is 13.9. The topological polar surface area (TPSA) is 110 Å². The molecule has 0 aliphatic carbocycles. The summed E-state index contributed by atoms with van der Waals surface area (Å²) in [5.74, 6) is 0.635. The van der Waals surface area contributed by atoms with Crippen LogP contribution in [0.15, 0.2) is 24.8 Å². The Hall–Kier alpha value is -2.45. The zero-order valence-corrected chi connectivity index (χ0v) is 22.5. The summed E-state index contributed by atoms with van der Waals surface area (Å²) in [4.78, 5) is 30.4. The summed E-state index contributed by atoms with van der Waals surface area (Å²) >= 11 is 0. The highest BCUT2D eigenvalue weighted by atomic mass is 16.6. The summed E-state index contributed by atoms with van der Waals surface area (Å²) in [6.45, 7) is 16.1. The lowest BCUT2D eigenvalue weighted by molar-refractivity contribution is -0.156. The van der Waals surface area contributed by atoms with Crippen molar-refractivity contribution in [2.75, 3.05) is 38.0 Å². The summed E-state index contributed by atoms with van der Waals surface area (Å²) in [6.07, 6.45) is 7.51. The minimum atomic E-state index is -0.648. The summed E-state index contributed by atoms with van der Waals surface area (Å²) < 4.78 is 5.38. The average Bonchev–Trinajstić information content (AvgIpc) is 2.78. The zero-order chi connectivity index (χ0) is 26.3. The Morgan fingerprint density at radius 2 is 2.00 bits per heavy atom. The number of nitrogens with one attached hydrogen (secondary N) is 2. The van der Waals surface area contributed by atoms with Crippen molar-refractivity contribution < 1.29 is 14.3 Å². The Morgan fingerprint density at radius 1 is 1.29 bits per heavy atom. The molecule has 198 valence electrons. The van der Waals surface area contributed by atoms with E-state index < -0.39 is 11.6 Å². The van der Waals surface area contributed by atoms with Gasteiger partial charge in [0.1, 0.15) is 17.5 Å². The second kappa shape index (κ2) is 16.3. The Labute approximate surface area is 212 Å². The lowest BCUT2D eigenvalue weighted by Gasteiger charge is -2.25. The van der Waals surface area contributed by atoms with Gasteiger partial charge in [0, 0.05) is 38.8 Å². The molecular formula is C27H47N5O3. The van der Waals surface area contributed by atoms with Crippen LogP contribution in [0.4, 0.5) is 5.82 Å². The standard InChI is InChI=1S/C24H41N5O3.C3H6/c1-18(30)26-14-17-29(16-12-21(25)23(31)32-24(2,3)4)15-6-5-9-20-11-10-19-8-7-13-27-22(19)28-20;1-3-2/h10-11,21H,5-9,12-17,25H2,1-4H3,(H,26,30)(H,27,28);3H,1H2,2H3.